The van der Waals surface area contributed by atoms with Crippen LogP contribution in [0.25, 0.3) is 0 Å². The molecule has 1 aromatic rings. The summed E-state index contributed by atoms with van der Waals surface area (Å²) in [7, 11) is 0. The molecule has 16 heavy (non-hydrogen) atoms. The van der Waals surface area contributed by atoms with Crippen molar-refractivity contribution in [2.45, 2.75) is 19.1 Å². The van der Waals surface area contributed by atoms with Gasteiger partial charge in [-0.1, -0.05) is 36.4 Å². The monoisotopic (exact) mass is 221 g/mol. The summed E-state index contributed by atoms with van der Waals surface area (Å²) in [5.41, 5.74) is 0.813. The Kier molecular flexibility index (Phi) is 4.66. The molecule has 86 valence electrons. The first-order chi connectivity index (χ1) is 7.66. The van der Waals surface area contributed by atoms with Crippen molar-refractivity contribution in [1.82, 2.24) is 0 Å². The molecule has 1 rings (SSSR count). The Hall–Kier alpha value is -1.68. The summed E-state index contributed by atoms with van der Waals surface area (Å²) in [5.74, 6) is 0. The van der Waals surface area contributed by atoms with Gasteiger partial charge in [0.25, 0.3) is 0 Å². The van der Waals surface area contributed by atoms with Crippen LogP contribution in [0.5, 0.6) is 0 Å². The minimum atomic E-state index is -0.776. The molecule has 2 atom stereocenters. The first-order valence-electron chi connectivity index (χ1n) is 5.07. The minimum absolute atomic E-state index is 0.303. The second kappa shape index (κ2) is 6.02. The molecule has 0 saturated heterocycles. The molecule has 0 saturated carbocycles. The lowest BCUT2D eigenvalue weighted by molar-refractivity contribution is -0.532. The summed E-state index contributed by atoms with van der Waals surface area (Å²) in [5, 5.41) is 10.8. The van der Waals surface area contributed by atoms with Crippen LogP contribution in [-0.4, -0.2) is 17.6 Å². The molecule has 0 aliphatic rings. The van der Waals surface area contributed by atoms with Crippen molar-refractivity contribution in [3.8, 4) is 0 Å². The third-order valence-electron chi connectivity index (χ3n) is 2.29. The maximum Gasteiger partial charge on any atom is 0.240 e. The lowest BCUT2D eigenvalue weighted by Crippen LogP contribution is -2.26. The SMILES string of the molecule is C=CCOC(c1ccccc1)C(C)[N+](=O)[O-]. The molecule has 4 nitrogen and oxygen atoms in total. The predicted molar refractivity (Wildman–Crippen MR) is 61.8 cm³/mol. The highest BCUT2D eigenvalue weighted by Crippen LogP contribution is 2.22. The first kappa shape index (κ1) is 12.4. The Morgan fingerprint density at radius 3 is 2.62 bits per heavy atom. The fourth-order valence-electron chi connectivity index (χ4n) is 1.44. The second-order valence-corrected chi connectivity index (χ2v) is 3.48. The van der Waals surface area contributed by atoms with Crippen molar-refractivity contribution in [1.29, 1.82) is 0 Å². The fraction of sp³-hybridized carbons (Fsp3) is 0.333. The van der Waals surface area contributed by atoms with Crippen LogP contribution in [-0.2, 0) is 4.74 Å². The predicted octanol–water partition coefficient (Wildman–Crippen LogP) is 2.60. The summed E-state index contributed by atoms with van der Waals surface area (Å²) in [4.78, 5) is 10.4. The molecule has 0 heterocycles. The summed E-state index contributed by atoms with van der Waals surface area (Å²) < 4.78 is 5.44. The van der Waals surface area contributed by atoms with Crippen molar-refractivity contribution in [3.05, 3.63) is 58.7 Å². The van der Waals surface area contributed by atoms with Crippen LogP contribution in [0.4, 0.5) is 0 Å². The van der Waals surface area contributed by atoms with Crippen molar-refractivity contribution in [3.63, 3.8) is 0 Å². The normalized spacial score (nSPS) is 14.1. The van der Waals surface area contributed by atoms with Crippen molar-refractivity contribution in [2.24, 2.45) is 0 Å². The highest BCUT2D eigenvalue weighted by atomic mass is 16.6. The maximum absolute atomic E-state index is 10.8. The Bertz CT molecular complexity index is 351. The van der Waals surface area contributed by atoms with Crippen molar-refractivity contribution in [2.75, 3.05) is 6.61 Å². The van der Waals surface area contributed by atoms with Crippen LogP contribution in [0, 0.1) is 10.1 Å². The van der Waals surface area contributed by atoms with E-state index in [2.05, 4.69) is 6.58 Å². The van der Waals surface area contributed by atoms with E-state index in [1.54, 1.807) is 13.0 Å². The van der Waals surface area contributed by atoms with Gasteiger partial charge in [0, 0.05) is 11.8 Å². The maximum atomic E-state index is 10.8. The molecular weight excluding hydrogens is 206 g/mol. The molecule has 0 aliphatic heterocycles. The highest BCUT2D eigenvalue weighted by Gasteiger charge is 2.28. The number of nitrogens with zero attached hydrogens (tertiary/aromatic N) is 1. The van der Waals surface area contributed by atoms with E-state index in [0.29, 0.717) is 6.61 Å². The average Bonchev–Trinajstić information content (AvgIpc) is 2.30. The number of rotatable bonds is 6. The molecule has 0 bridgehead atoms. The zero-order chi connectivity index (χ0) is 12.0. The van der Waals surface area contributed by atoms with Gasteiger partial charge in [0.05, 0.1) is 6.61 Å². The van der Waals surface area contributed by atoms with E-state index in [4.69, 9.17) is 4.74 Å². The van der Waals surface area contributed by atoms with E-state index in [-0.39, 0.29) is 4.92 Å². The largest absolute Gasteiger partial charge is 0.362 e. The summed E-state index contributed by atoms with van der Waals surface area (Å²) >= 11 is 0. The van der Waals surface area contributed by atoms with Crippen molar-refractivity contribution < 1.29 is 9.66 Å². The summed E-state index contributed by atoms with van der Waals surface area (Å²) in [6.45, 7) is 5.38. The number of hydrogen-bond donors (Lipinski definition) is 0. The second-order valence-electron chi connectivity index (χ2n) is 3.48. The smallest absolute Gasteiger partial charge is 0.240 e. The van der Waals surface area contributed by atoms with Gasteiger partial charge in [-0.2, -0.15) is 0 Å². The first-order valence-corrected chi connectivity index (χ1v) is 5.07. The fourth-order valence-corrected chi connectivity index (χ4v) is 1.44. The van der Waals surface area contributed by atoms with E-state index in [1.807, 2.05) is 30.3 Å². The van der Waals surface area contributed by atoms with Gasteiger partial charge in [0.1, 0.15) is 6.10 Å². The van der Waals surface area contributed by atoms with Crippen LogP contribution < -0.4 is 0 Å². The van der Waals surface area contributed by atoms with Gasteiger partial charge in [0.15, 0.2) is 0 Å². The Labute approximate surface area is 94.7 Å². The molecule has 4 heteroatoms. The van der Waals surface area contributed by atoms with Crippen LogP contribution in [0.1, 0.15) is 18.6 Å². The molecule has 0 N–H and O–H groups in total. The van der Waals surface area contributed by atoms with Gasteiger partial charge in [-0.25, -0.2) is 0 Å². The number of ether oxygens (including phenoxy) is 1. The van der Waals surface area contributed by atoms with Gasteiger partial charge in [-0.15, -0.1) is 6.58 Å². The zero-order valence-corrected chi connectivity index (χ0v) is 9.20. The number of benzene rings is 1. The molecule has 0 amide bonds. The van der Waals surface area contributed by atoms with Gasteiger partial charge >= 0.3 is 0 Å². The Balaban J connectivity index is 2.86. The third kappa shape index (κ3) is 3.17. The van der Waals surface area contributed by atoms with Crippen LogP contribution in [0.15, 0.2) is 43.0 Å². The molecule has 0 spiro atoms. The van der Waals surface area contributed by atoms with E-state index < -0.39 is 12.1 Å². The number of nitro groups is 1. The van der Waals surface area contributed by atoms with E-state index in [9.17, 15) is 10.1 Å². The molecule has 0 aromatic heterocycles. The van der Waals surface area contributed by atoms with Gasteiger partial charge in [-0.05, 0) is 5.56 Å². The van der Waals surface area contributed by atoms with E-state index in [1.165, 1.54) is 0 Å². The number of hydrogen-bond acceptors (Lipinski definition) is 3. The molecule has 0 radical (unpaired) electrons. The standard InChI is InChI=1S/C12H15NO3/c1-3-9-16-12(10(2)13(14)15)11-7-5-4-6-8-11/h3-8,10,12H,1,9H2,2H3. The zero-order valence-electron chi connectivity index (χ0n) is 9.20. The van der Waals surface area contributed by atoms with Crippen LogP contribution in [0.3, 0.4) is 0 Å². The lowest BCUT2D eigenvalue weighted by Gasteiger charge is -2.18. The van der Waals surface area contributed by atoms with E-state index in [0.717, 1.165) is 5.56 Å². The minimum Gasteiger partial charge on any atom is -0.362 e. The molecule has 0 fully saturated rings. The quantitative estimate of drug-likeness (QED) is 0.421. The third-order valence-corrected chi connectivity index (χ3v) is 2.29. The van der Waals surface area contributed by atoms with Crippen LogP contribution >= 0.6 is 0 Å². The van der Waals surface area contributed by atoms with Crippen LogP contribution in [0.2, 0.25) is 0 Å². The topological polar surface area (TPSA) is 52.4 Å². The molecular formula is C12H15NO3. The van der Waals surface area contributed by atoms with Gasteiger partial charge < -0.3 is 4.74 Å². The highest BCUT2D eigenvalue weighted by molar-refractivity contribution is 5.18. The van der Waals surface area contributed by atoms with Gasteiger partial charge in [0.2, 0.25) is 6.04 Å². The van der Waals surface area contributed by atoms with Crippen molar-refractivity contribution >= 4 is 0 Å². The lowest BCUT2D eigenvalue weighted by atomic mass is 10.0. The molecule has 2 unspecified atom stereocenters. The summed E-state index contributed by atoms with van der Waals surface area (Å²) in [6.07, 6.45) is 1.05. The Morgan fingerprint density at radius 1 is 1.50 bits per heavy atom. The molecule has 1 aromatic carbocycles. The average molecular weight is 221 g/mol. The molecule has 0 aliphatic carbocycles. The summed E-state index contributed by atoms with van der Waals surface area (Å²) in [6, 6.07) is 8.42. The van der Waals surface area contributed by atoms with E-state index >= 15 is 0 Å². The Morgan fingerprint density at radius 2 is 2.12 bits per heavy atom. The van der Waals surface area contributed by atoms with Gasteiger partial charge in [-0.3, -0.25) is 10.1 Å².